The van der Waals surface area contributed by atoms with E-state index in [0.29, 0.717) is 5.02 Å². The summed E-state index contributed by atoms with van der Waals surface area (Å²) in [6.45, 7) is 0. The molecule has 0 fully saturated rings. The summed E-state index contributed by atoms with van der Waals surface area (Å²) in [7, 11) is 0. The van der Waals surface area contributed by atoms with E-state index in [0.717, 1.165) is 0 Å². The van der Waals surface area contributed by atoms with Crippen LogP contribution < -0.4 is 0 Å². The zero-order valence-electron chi connectivity index (χ0n) is 5.95. The van der Waals surface area contributed by atoms with Crippen molar-refractivity contribution < 1.29 is 14.7 Å². The molecule has 0 spiro atoms. The Morgan fingerprint density at radius 1 is 1.17 bits per heavy atom. The lowest BCUT2D eigenvalue weighted by atomic mass is 10.3. The Bertz CT molecular complexity index is 316. The van der Waals surface area contributed by atoms with Gasteiger partial charge < -0.3 is 5.11 Å². The van der Waals surface area contributed by atoms with E-state index in [-0.39, 0.29) is 5.56 Å². The number of ketones is 1. The smallest absolute Gasteiger partial charge is 0.377 e. The van der Waals surface area contributed by atoms with Gasteiger partial charge in [0.1, 0.15) is 0 Å². The van der Waals surface area contributed by atoms with Crippen LogP contribution in [-0.4, -0.2) is 16.9 Å². The average Bonchev–Trinajstić information content (AvgIpc) is 2.04. The van der Waals surface area contributed by atoms with E-state index >= 15 is 0 Å². The van der Waals surface area contributed by atoms with Gasteiger partial charge in [0, 0.05) is 10.6 Å². The fraction of sp³-hybridized carbons (Fsp3) is 0. The van der Waals surface area contributed by atoms with Crippen LogP contribution in [0.4, 0.5) is 0 Å². The number of carboxylic acid groups (broad SMARTS) is 1. The van der Waals surface area contributed by atoms with Crippen molar-refractivity contribution in [1.29, 1.82) is 0 Å². The molecular formula is C8H5ClO3. The van der Waals surface area contributed by atoms with Gasteiger partial charge in [-0.1, -0.05) is 11.6 Å². The number of hydrogen-bond acceptors (Lipinski definition) is 2. The van der Waals surface area contributed by atoms with E-state index in [9.17, 15) is 9.59 Å². The monoisotopic (exact) mass is 186 g/mol. The van der Waals surface area contributed by atoms with Crippen LogP contribution in [0.15, 0.2) is 24.3 Å². The SMILES string of the molecule is O=[13C](O)[13C](=O)c1ccc(Cl)cc1. The molecule has 0 radical (unpaired) electrons. The van der Waals surface area contributed by atoms with Crippen molar-refractivity contribution in [3.05, 3.63) is 34.9 Å². The zero-order chi connectivity index (χ0) is 9.14. The maximum absolute atomic E-state index is 10.8. The summed E-state index contributed by atoms with van der Waals surface area (Å²) < 4.78 is 0. The first-order chi connectivity index (χ1) is 5.61. The van der Waals surface area contributed by atoms with Gasteiger partial charge >= 0.3 is 5.97 Å². The molecule has 1 N–H and O–H groups in total. The van der Waals surface area contributed by atoms with Gasteiger partial charge in [-0.15, -0.1) is 0 Å². The lowest BCUT2D eigenvalue weighted by Crippen LogP contribution is -2.12. The van der Waals surface area contributed by atoms with Crippen LogP contribution in [0.2, 0.25) is 5.02 Å². The fourth-order valence-corrected chi connectivity index (χ4v) is 0.851. The van der Waals surface area contributed by atoms with Crippen LogP contribution in [0.1, 0.15) is 10.4 Å². The minimum absolute atomic E-state index is 0.131. The summed E-state index contributed by atoms with van der Waals surface area (Å²) in [5.74, 6) is -2.39. The van der Waals surface area contributed by atoms with E-state index in [1.54, 1.807) is 0 Å². The third-order valence-electron chi connectivity index (χ3n) is 1.30. The second-order valence-electron chi connectivity index (χ2n) is 2.14. The molecule has 0 aliphatic carbocycles. The number of halogens is 1. The van der Waals surface area contributed by atoms with Gasteiger partial charge in [0.05, 0.1) is 0 Å². The highest BCUT2D eigenvalue weighted by Crippen LogP contribution is 2.09. The minimum Gasteiger partial charge on any atom is -0.475 e. The van der Waals surface area contributed by atoms with Crippen molar-refractivity contribution in [3.8, 4) is 0 Å². The normalized spacial score (nSPS) is 9.42. The first-order valence-electron chi connectivity index (χ1n) is 3.14. The van der Waals surface area contributed by atoms with Crippen LogP contribution >= 0.6 is 11.6 Å². The molecule has 62 valence electrons. The summed E-state index contributed by atoms with van der Waals surface area (Å²) in [6.07, 6.45) is 0. The molecule has 0 aromatic heterocycles. The molecule has 0 saturated carbocycles. The van der Waals surface area contributed by atoms with E-state index in [1.165, 1.54) is 24.3 Å². The molecule has 0 saturated heterocycles. The minimum atomic E-state index is -1.46. The Balaban J connectivity index is 2.98. The van der Waals surface area contributed by atoms with Crippen molar-refractivity contribution >= 4 is 23.4 Å². The molecule has 3 nitrogen and oxygen atoms in total. The molecule has 1 aromatic carbocycles. The largest absolute Gasteiger partial charge is 0.475 e. The van der Waals surface area contributed by atoms with E-state index < -0.39 is 11.8 Å². The predicted octanol–water partition coefficient (Wildman–Crippen LogP) is 1.61. The van der Waals surface area contributed by atoms with Crippen molar-refractivity contribution in [1.82, 2.24) is 0 Å². The number of carbonyl (C=O) groups excluding carboxylic acids is 1. The topological polar surface area (TPSA) is 54.4 Å². The maximum Gasteiger partial charge on any atom is 0.377 e. The third kappa shape index (κ3) is 1.83. The number of Topliss-reactive ketones (excluding diaryl/α,β-unsaturated/α-hetero) is 1. The van der Waals surface area contributed by atoms with Gasteiger partial charge in [-0.2, -0.15) is 0 Å². The second-order valence-corrected chi connectivity index (χ2v) is 2.58. The Morgan fingerprint density at radius 2 is 1.67 bits per heavy atom. The van der Waals surface area contributed by atoms with E-state index in [2.05, 4.69) is 0 Å². The molecule has 12 heavy (non-hydrogen) atoms. The Kier molecular flexibility index (Phi) is 2.45. The summed E-state index contributed by atoms with van der Waals surface area (Å²) in [6, 6.07) is 5.69. The molecule has 1 aromatic rings. The Hall–Kier alpha value is -1.35. The molecule has 1 rings (SSSR count). The van der Waals surface area contributed by atoms with Crippen LogP contribution in [0.3, 0.4) is 0 Å². The number of carbonyl (C=O) groups is 2. The van der Waals surface area contributed by atoms with Gasteiger partial charge in [0.25, 0.3) is 5.78 Å². The van der Waals surface area contributed by atoms with Crippen molar-refractivity contribution in [2.24, 2.45) is 0 Å². The van der Waals surface area contributed by atoms with Crippen LogP contribution in [0, 0.1) is 0 Å². The first kappa shape index (κ1) is 8.74. The maximum atomic E-state index is 10.8. The van der Waals surface area contributed by atoms with Gasteiger partial charge in [0.2, 0.25) is 0 Å². The molecule has 0 bridgehead atoms. The number of rotatable bonds is 2. The summed E-state index contributed by atoms with van der Waals surface area (Å²) in [4.78, 5) is 21.0. The van der Waals surface area contributed by atoms with E-state index in [4.69, 9.17) is 16.7 Å². The highest BCUT2D eigenvalue weighted by molar-refractivity contribution is 6.40. The van der Waals surface area contributed by atoms with Gasteiger partial charge in [-0.05, 0) is 24.3 Å². The molecule has 0 unspecified atom stereocenters. The van der Waals surface area contributed by atoms with Crippen molar-refractivity contribution in [2.75, 3.05) is 0 Å². The molecule has 0 aliphatic heterocycles. The molecule has 0 amide bonds. The Labute approximate surface area is 73.6 Å². The molecule has 0 aliphatic rings. The zero-order valence-corrected chi connectivity index (χ0v) is 6.71. The summed E-state index contributed by atoms with van der Waals surface area (Å²) in [5, 5.41) is 8.79. The average molecular weight is 187 g/mol. The summed E-state index contributed by atoms with van der Waals surface area (Å²) >= 11 is 5.54. The predicted molar refractivity (Wildman–Crippen MR) is 43.4 cm³/mol. The van der Waals surface area contributed by atoms with Crippen molar-refractivity contribution in [2.45, 2.75) is 0 Å². The van der Waals surface area contributed by atoms with Crippen LogP contribution in [0.5, 0.6) is 0 Å². The quantitative estimate of drug-likeness (QED) is 0.434. The van der Waals surface area contributed by atoms with Crippen LogP contribution in [-0.2, 0) is 4.79 Å². The molecular weight excluding hydrogens is 182 g/mol. The Morgan fingerprint density at radius 3 is 2.08 bits per heavy atom. The highest BCUT2D eigenvalue weighted by atomic mass is 35.5. The number of benzene rings is 1. The van der Waals surface area contributed by atoms with Gasteiger partial charge in [-0.3, -0.25) is 4.79 Å². The van der Waals surface area contributed by atoms with E-state index in [1.807, 2.05) is 0 Å². The first-order valence-corrected chi connectivity index (χ1v) is 3.52. The van der Waals surface area contributed by atoms with Crippen molar-refractivity contribution in [3.63, 3.8) is 0 Å². The van der Waals surface area contributed by atoms with Gasteiger partial charge in [-0.25, -0.2) is 4.79 Å². The number of carboxylic acids is 1. The second kappa shape index (κ2) is 3.36. The molecule has 0 heterocycles. The summed E-state index contributed by atoms with van der Waals surface area (Å²) in [5.41, 5.74) is 0.131. The number of hydrogen-bond donors (Lipinski definition) is 1. The third-order valence-corrected chi connectivity index (χ3v) is 1.55. The molecule has 0 atom stereocenters. The molecule has 4 heteroatoms. The fourth-order valence-electron chi connectivity index (χ4n) is 0.725. The highest BCUT2D eigenvalue weighted by Gasteiger charge is 2.13. The standard InChI is InChI=1S/C8H5ClO3/c9-6-3-1-5(2-4-6)7(10)8(11)12/h1-4H,(H,11,12)/i7+1,8+1. The lowest BCUT2D eigenvalue weighted by Gasteiger charge is -1.94. The number of aliphatic carboxylic acids is 1. The van der Waals surface area contributed by atoms with Crippen LogP contribution in [0.25, 0.3) is 0 Å². The van der Waals surface area contributed by atoms with Gasteiger partial charge in [0.15, 0.2) is 0 Å². The lowest BCUT2D eigenvalue weighted by molar-refractivity contribution is -0.131.